The van der Waals surface area contributed by atoms with Crippen LogP contribution in [0, 0.1) is 5.82 Å². The molecule has 0 heterocycles. The minimum Gasteiger partial charge on any atom is -0.376 e. The number of anilines is 2. The third kappa shape index (κ3) is 4.42. The molecule has 0 bridgehead atoms. The predicted octanol–water partition coefficient (Wildman–Crippen LogP) is 3.08. The third-order valence-electron chi connectivity index (χ3n) is 2.85. The van der Waals surface area contributed by atoms with Gasteiger partial charge < -0.3 is 10.6 Å². The first-order chi connectivity index (χ1) is 10.0. The fourth-order valence-electron chi connectivity index (χ4n) is 1.77. The molecule has 2 rings (SSSR count). The van der Waals surface area contributed by atoms with Gasteiger partial charge in [-0.3, -0.25) is 9.59 Å². The van der Waals surface area contributed by atoms with Gasteiger partial charge in [0.05, 0.1) is 6.54 Å². The lowest BCUT2D eigenvalue weighted by Gasteiger charge is -2.08. The largest absolute Gasteiger partial charge is 0.376 e. The lowest BCUT2D eigenvalue weighted by Crippen LogP contribution is -2.21. The van der Waals surface area contributed by atoms with Crippen LogP contribution in [-0.2, 0) is 4.79 Å². The van der Waals surface area contributed by atoms with E-state index in [4.69, 9.17) is 0 Å². The number of nitrogens with one attached hydrogen (secondary N) is 2. The van der Waals surface area contributed by atoms with Crippen molar-refractivity contribution in [3.05, 3.63) is 59.9 Å². The molecular weight excluding hydrogens is 271 g/mol. The highest BCUT2D eigenvalue weighted by Crippen LogP contribution is 2.11. The molecule has 0 spiro atoms. The van der Waals surface area contributed by atoms with E-state index in [0.29, 0.717) is 16.9 Å². The maximum Gasteiger partial charge on any atom is 0.243 e. The number of hydrogen-bond donors (Lipinski definition) is 2. The van der Waals surface area contributed by atoms with Crippen LogP contribution < -0.4 is 10.6 Å². The standard InChI is InChI=1S/C16H15FN2O2/c1-11(20)12-3-2-4-15(9-12)19-16(21)10-18-14-7-5-13(17)6-8-14/h2-9,18H,10H2,1H3,(H,19,21). The van der Waals surface area contributed by atoms with Crippen molar-refractivity contribution in [3.8, 4) is 0 Å². The molecule has 2 aromatic carbocycles. The Kier molecular flexibility index (Phi) is 4.66. The number of halogens is 1. The van der Waals surface area contributed by atoms with Crippen LogP contribution in [0.3, 0.4) is 0 Å². The molecule has 0 atom stereocenters. The average molecular weight is 286 g/mol. The van der Waals surface area contributed by atoms with Gasteiger partial charge in [-0.25, -0.2) is 4.39 Å². The van der Waals surface area contributed by atoms with E-state index in [9.17, 15) is 14.0 Å². The Morgan fingerprint density at radius 2 is 1.76 bits per heavy atom. The van der Waals surface area contributed by atoms with Crippen molar-refractivity contribution in [2.45, 2.75) is 6.92 Å². The summed E-state index contributed by atoms with van der Waals surface area (Å²) in [6, 6.07) is 12.5. The molecule has 5 heteroatoms. The zero-order valence-corrected chi connectivity index (χ0v) is 11.5. The minimum absolute atomic E-state index is 0.0515. The van der Waals surface area contributed by atoms with Crippen LogP contribution in [0.2, 0.25) is 0 Å². The molecule has 2 aromatic rings. The Bertz CT molecular complexity index is 654. The molecule has 0 aromatic heterocycles. The molecule has 0 unspecified atom stereocenters. The van der Waals surface area contributed by atoms with E-state index in [1.807, 2.05) is 0 Å². The van der Waals surface area contributed by atoms with Gasteiger partial charge in [-0.05, 0) is 43.3 Å². The van der Waals surface area contributed by atoms with Gasteiger partial charge in [-0.2, -0.15) is 0 Å². The lowest BCUT2D eigenvalue weighted by molar-refractivity contribution is -0.114. The van der Waals surface area contributed by atoms with Gasteiger partial charge in [0.2, 0.25) is 5.91 Å². The van der Waals surface area contributed by atoms with Gasteiger partial charge in [-0.15, -0.1) is 0 Å². The summed E-state index contributed by atoms with van der Waals surface area (Å²) >= 11 is 0. The van der Waals surface area contributed by atoms with Crippen LogP contribution in [0.4, 0.5) is 15.8 Å². The number of Topliss-reactive ketones (excluding diaryl/α,β-unsaturated/α-hetero) is 1. The van der Waals surface area contributed by atoms with Crippen molar-refractivity contribution in [1.29, 1.82) is 0 Å². The van der Waals surface area contributed by atoms with E-state index in [2.05, 4.69) is 10.6 Å². The first-order valence-electron chi connectivity index (χ1n) is 6.45. The first-order valence-corrected chi connectivity index (χ1v) is 6.45. The van der Waals surface area contributed by atoms with Crippen molar-refractivity contribution in [2.75, 3.05) is 17.2 Å². The van der Waals surface area contributed by atoms with Crippen molar-refractivity contribution in [3.63, 3.8) is 0 Å². The van der Waals surface area contributed by atoms with E-state index in [1.54, 1.807) is 36.4 Å². The Hall–Kier alpha value is -2.69. The normalized spacial score (nSPS) is 10.0. The molecule has 108 valence electrons. The molecule has 0 saturated heterocycles. The first kappa shape index (κ1) is 14.7. The second-order valence-corrected chi connectivity index (χ2v) is 4.55. The highest BCUT2D eigenvalue weighted by molar-refractivity contribution is 5.98. The molecule has 0 aliphatic heterocycles. The third-order valence-corrected chi connectivity index (χ3v) is 2.85. The topological polar surface area (TPSA) is 58.2 Å². The molecular formula is C16H15FN2O2. The van der Waals surface area contributed by atoms with Crippen molar-refractivity contribution in [1.82, 2.24) is 0 Å². The quantitative estimate of drug-likeness (QED) is 0.830. The van der Waals surface area contributed by atoms with Crippen LogP contribution in [0.25, 0.3) is 0 Å². The maximum atomic E-state index is 12.7. The van der Waals surface area contributed by atoms with E-state index in [0.717, 1.165) is 0 Å². The van der Waals surface area contributed by atoms with Crippen LogP contribution in [0.1, 0.15) is 17.3 Å². The van der Waals surface area contributed by atoms with E-state index in [1.165, 1.54) is 19.1 Å². The Balaban J connectivity index is 1.91. The minimum atomic E-state index is -0.328. The highest BCUT2D eigenvalue weighted by Gasteiger charge is 2.05. The van der Waals surface area contributed by atoms with Gasteiger partial charge in [-0.1, -0.05) is 12.1 Å². The van der Waals surface area contributed by atoms with E-state index >= 15 is 0 Å². The molecule has 0 aliphatic rings. The molecule has 1 amide bonds. The molecule has 4 nitrogen and oxygen atoms in total. The molecule has 2 N–H and O–H groups in total. The van der Waals surface area contributed by atoms with Crippen LogP contribution in [-0.4, -0.2) is 18.2 Å². The monoisotopic (exact) mass is 286 g/mol. The SMILES string of the molecule is CC(=O)c1cccc(NC(=O)CNc2ccc(F)cc2)c1. The maximum absolute atomic E-state index is 12.7. The molecule has 0 saturated carbocycles. The van der Waals surface area contributed by atoms with Crippen LogP contribution >= 0.6 is 0 Å². The second-order valence-electron chi connectivity index (χ2n) is 4.55. The second kappa shape index (κ2) is 6.65. The Labute approximate surface area is 122 Å². The summed E-state index contributed by atoms with van der Waals surface area (Å²) in [4.78, 5) is 23.1. The fourth-order valence-corrected chi connectivity index (χ4v) is 1.77. The molecule has 0 radical (unpaired) electrons. The summed E-state index contributed by atoms with van der Waals surface area (Å²) in [7, 11) is 0. The van der Waals surface area contributed by atoms with Crippen molar-refractivity contribution >= 4 is 23.1 Å². The number of rotatable bonds is 5. The fraction of sp³-hybridized carbons (Fsp3) is 0.125. The number of hydrogen-bond acceptors (Lipinski definition) is 3. The molecule has 0 aliphatic carbocycles. The van der Waals surface area contributed by atoms with Crippen molar-refractivity contribution < 1.29 is 14.0 Å². The predicted molar refractivity (Wildman–Crippen MR) is 80.0 cm³/mol. The van der Waals surface area contributed by atoms with Crippen LogP contribution in [0.5, 0.6) is 0 Å². The van der Waals surface area contributed by atoms with Gasteiger partial charge >= 0.3 is 0 Å². The number of ketones is 1. The summed E-state index contributed by atoms with van der Waals surface area (Å²) < 4.78 is 12.7. The van der Waals surface area contributed by atoms with Gasteiger partial charge in [0.15, 0.2) is 5.78 Å². The number of carbonyl (C=O) groups is 2. The average Bonchev–Trinajstić information content (AvgIpc) is 2.47. The number of benzene rings is 2. The number of carbonyl (C=O) groups excluding carboxylic acids is 2. The number of amides is 1. The van der Waals surface area contributed by atoms with Crippen molar-refractivity contribution in [2.24, 2.45) is 0 Å². The summed E-state index contributed by atoms with van der Waals surface area (Å²) in [5.41, 5.74) is 1.76. The van der Waals surface area contributed by atoms with Crippen LogP contribution in [0.15, 0.2) is 48.5 Å². The zero-order valence-electron chi connectivity index (χ0n) is 11.5. The van der Waals surface area contributed by atoms with Gasteiger partial charge in [0, 0.05) is 16.9 Å². The Morgan fingerprint density at radius 3 is 2.43 bits per heavy atom. The smallest absolute Gasteiger partial charge is 0.243 e. The molecule has 0 fully saturated rings. The van der Waals surface area contributed by atoms with E-state index in [-0.39, 0.29) is 24.1 Å². The summed E-state index contributed by atoms with van der Waals surface area (Å²) in [6.45, 7) is 1.52. The Morgan fingerprint density at radius 1 is 1.05 bits per heavy atom. The molecule has 21 heavy (non-hydrogen) atoms. The lowest BCUT2D eigenvalue weighted by atomic mass is 10.1. The summed E-state index contributed by atoms with van der Waals surface area (Å²) in [5, 5.41) is 5.57. The van der Waals surface area contributed by atoms with E-state index < -0.39 is 0 Å². The highest BCUT2D eigenvalue weighted by atomic mass is 19.1. The van der Waals surface area contributed by atoms with Gasteiger partial charge in [0.1, 0.15) is 5.82 Å². The zero-order chi connectivity index (χ0) is 15.2. The summed E-state index contributed by atoms with van der Waals surface area (Å²) in [6.07, 6.45) is 0. The van der Waals surface area contributed by atoms with Gasteiger partial charge in [0.25, 0.3) is 0 Å². The summed E-state index contributed by atoms with van der Waals surface area (Å²) in [5.74, 6) is -0.637.